The molecule has 1 aromatic heterocycles. The number of hydrogen-bond acceptors (Lipinski definition) is 5. The van der Waals surface area contributed by atoms with Crippen molar-refractivity contribution in [2.75, 3.05) is 13.2 Å². The molecule has 134 valence electrons. The molecule has 0 bridgehead atoms. The number of hydrogen-bond donors (Lipinski definition) is 0. The Morgan fingerprint density at radius 2 is 1.84 bits per heavy atom. The van der Waals surface area contributed by atoms with E-state index in [0.717, 1.165) is 11.1 Å². The van der Waals surface area contributed by atoms with E-state index in [9.17, 15) is 4.79 Å². The zero-order valence-electron chi connectivity index (χ0n) is 15.1. The van der Waals surface area contributed by atoms with Crippen LogP contribution in [0.2, 0.25) is 0 Å². The molecule has 0 radical (unpaired) electrons. The van der Waals surface area contributed by atoms with Crippen molar-refractivity contribution in [1.82, 2.24) is 9.78 Å². The molecule has 6 nitrogen and oxygen atoms in total. The predicted molar refractivity (Wildman–Crippen MR) is 93.6 cm³/mol. The molecule has 1 aliphatic rings. The van der Waals surface area contributed by atoms with Crippen LogP contribution in [-0.4, -0.2) is 23.0 Å². The van der Waals surface area contributed by atoms with Crippen molar-refractivity contribution in [3.05, 3.63) is 57.5 Å². The SMILES string of the molecule is Cc1c(OCc2ccc(C3OCCO3)cc2)cnn(C(C)(C)C)c1=O. The second-order valence-corrected chi connectivity index (χ2v) is 7.13. The molecule has 1 aromatic carbocycles. The van der Waals surface area contributed by atoms with Crippen molar-refractivity contribution in [3.63, 3.8) is 0 Å². The zero-order valence-corrected chi connectivity index (χ0v) is 15.1. The summed E-state index contributed by atoms with van der Waals surface area (Å²) in [5, 5.41) is 4.24. The lowest BCUT2D eigenvalue weighted by Gasteiger charge is -2.21. The van der Waals surface area contributed by atoms with Crippen molar-refractivity contribution in [3.8, 4) is 5.75 Å². The monoisotopic (exact) mass is 344 g/mol. The van der Waals surface area contributed by atoms with Crippen LogP contribution in [0.5, 0.6) is 5.75 Å². The molecule has 1 aliphatic heterocycles. The molecular formula is C19H24N2O4. The summed E-state index contributed by atoms with van der Waals surface area (Å²) < 4.78 is 18.2. The predicted octanol–water partition coefficient (Wildman–Crippen LogP) is 2.93. The summed E-state index contributed by atoms with van der Waals surface area (Å²) in [5.74, 6) is 0.511. The summed E-state index contributed by atoms with van der Waals surface area (Å²) in [4.78, 5) is 12.4. The Morgan fingerprint density at radius 3 is 2.44 bits per heavy atom. The molecule has 0 spiro atoms. The van der Waals surface area contributed by atoms with Gasteiger partial charge in [0.2, 0.25) is 0 Å². The number of aromatic nitrogens is 2. The molecule has 2 aromatic rings. The Morgan fingerprint density at radius 1 is 1.20 bits per heavy atom. The highest BCUT2D eigenvalue weighted by atomic mass is 16.7. The summed E-state index contributed by atoms with van der Waals surface area (Å²) >= 11 is 0. The quantitative estimate of drug-likeness (QED) is 0.853. The molecule has 1 saturated heterocycles. The largest absolute Gasteiger partial charge is 0.487 e. The Bertz CT molecular complexity index is 785. The van der Waals surface area contributed by atoms with E-state index in [1.54, 1.807) is 13.1 Å². The average Bonchev–Trinajstić information content (AvgIpc) is 3.10. The average molecular weight is 344 g/mol. The van der Waals surface area contributed by atoms with Gasteiger partial charge in [0.05, 0.1) is 30.5 Å². The lowest BCUT2D eigenvalue weighted by atomic mass is 10.1. The molecule has 2 heterocycles. The van der Waals surface area contributed by atoms with Gasteiger partial charge in [0.25, 0.3) is 5.56 Å². The van der Waals surface area contributed by atoms with E-state index in [1.165, 1.54) is 4.68 Å². The Kier molecular flexibility index (Phi) is 4.92. The Hall–Kier alpha value is -2.18. The van der Waals surface area contributed by atoms with Crippen molar-refractivity contribution >= 4 is 0 Å². The van der Waals surface area contributed by atoms with Crippen molar-refractivity contribution in [2.45, 2.75) is 46.1 Å². The first-order valence-corrected chi connectivity index (χ1v) is 8.40. The van der Waals surface area contributed by atoms with Crippen LogP contribution in [0.4, 0.5) is 0 Å². The smallest absolute Gasteiger partial charge is 0.273 e. The second kappa shape index (κ2) is 6.98. The number of nitrogens with zero attached hydrogens (tertiary/aromatic N) is 2. The molecule has 0 saturated carbocycles. The van der Waals surface area contributed by atoms with Crippen molar-refractivity contribution in [2.24, 2.45) is 0 Å². The van der Waals surface area contributed by atoms with E-state index in [4.69, 9.17) is 14.2 Å². The number of ether oxygens (including phenoxy) is 3. The maximum absolute atomic E-state index is 12.4. The van der Waals surface area contributed by atoms with Gasteiger partial charge in [-0.1, -0.05) is 24.3 Å². The summed E-state index contributed by atoms with van der Waals surface area (Å²) in [5.41, 5.74) is 2.07. The van der Waals surface area contributed by atoms with E-state index in [2.05, 4.69) is 5.10 Å². The lowest BCUT2D eigenvalue weighted by molar-refractivity contribution is -0.0441. The van der Waals surface area contributed by atoms with Crippen LogP contribution < -0.4 is 10.3 Å². The zero-order chi connectivity index (χ0) is 18.0. The van der Waals surface area contributed by atoms with E-state index in [1.807, 2.05) is 45.0 Å². The molecule has 25 heavy (non-hydrogen) atoms. The van der Waals surface area contributed by atoms with E-state index in [-0.39, 0.29) is 17.4 Å². The van der Waals surface area contributed by atoms with E-state index >= 15 is 0 Å². The van der Waals surface area contributed by atoms with Gasteiger partial charge in [-0.15, -0.1) is 0 Å². The minimum Gasteiger partial charge on any atom is -0.487 e. The van der Waals surface area contributed by atoms with Crippen LogP contribution in [0, 0.1) is 6.92 Å². The van der Waals surface area contributed by atoms with Crippen LogP contribution in [-0.2, 0) is 21.6 Å². The first-order chi connectivity index (χ1) is 11.9. The highest BCUT2D eigenvalue weighted by Gasteiger charge is 2.19. The van der Waals surface area contributed by atoms with E-state index in [0.29, 0.717) is 31.1 Å². The molecule has 6 heteroatoms. The standard InChI is InChI=1S/C19H24N2O4/c1-13-16(11-20-21(17(13)22)19(2,3)4)25-12-14-5-7-15(8-6-14)18-23-9-10-24-18/h5-8,11,18H,9-10,12H2,1-4H3. The summed E-state index contributed by atoms with van der Waals surface area (Å²) in [7, 11) is 0. The van der Waals surface area contributed by atoms with Crippen LogP contribution in [0.25, 0.3) is 0 Å². The minimum atomic E-state index is -0.361. The number of rotatable bonds is 4. The van der Waals surface area contributed by atoms with Gasteiger partial charge in [-0.2, -0.15) is 5.10 Å². The molecule has 0 N–H and O–H groups in total. The summed E-state index contributed by atoms with van der Waals surface area (Å²) in [6.07, 6.45) is 1.34. The summed E-state index contributed by atoms with van der Waals surface area (Å²) in [6, 6.07) is 7.88. The maximum Gasteiger partial charge on any atom is 0.273 e. The third-order valence-electron chi connectivity index (χ3n) is 4.08. The molecule has 0 aliphatic carbocycles. The van der Waals surface area contributed by atoms with Gasteiger partial charge >= 0.3 is 0 Å². The third kappa shape index (κ3) is 3.91. The van der Waals surface area contributed by atoms with Gasteiger partial charge in [0.1, 0.15) is 12.4 Å². The van der Waals surface area contributed by atoms with Crippen LogP contribution >= 0.6 is 0 Å². The van der Waals surface area contributed by atoms with Gasteiger partial charge < -0.3 is 14.2 Å². The minimum absolute atomic E-state index is 0.129. The van der Waals surface area contributed by atoms with Gasteiger partial charge in [0, 0.05) is 5.56 Å². The van der Waals surface area contributed by atoms with E-state index < -0.39 is 0 Å². The summed E-state index contributed by atoms with van der Waals surface area (Å²) in [6.45, 7) is 9.22. The van der Waals surface area contributed by atoms with Crippen LogP contribution in [0.15, 0.2) is 35.3 Å². The third-order valence-corrected chi connectivity index (χ3v) is 4.08. The molecule has 0 atom stereocenters. The molecule has 0 unspecified atom stereocenters. The Balaban J connectivity index is 1.69. The van der Waals surface area contributed by atoms with Crippen molar-refractivity contribution < 1.29 is 14.2 Å². The Labute approximate surface area is 147 Å². The molecule has 1 fully saturated rings. The highest BCUT2D eigenvalue weighted by molar-refractivity contribution is 5.28. The highest BCUT2D eigenvalue weighted by Crippen LogP contribution is 2.24. The molecule has 0 amide bonds. The second-order valence-electron chi connectivity index (χ2n) is 7.13. The fourth-order valence-electron chi connectivity index (χ4n) is 2.63. The molecule has 3 rings (SSSR count). The normalized spacial score (nSPS) is 15.5. The fourth-order valence-corrected chi connectivity index (χ4v) is 2.63. The lowest BCUT2D eigenvalue weighted by Crippen LogP contribution is -2.37. The van der Waals surface area contributed by atoms with Crippen LogP contribution in [0.3, 0.4) is 0 Å². The van der Waals surface area contributed by atoms with Gasteiger partial charge in [0.15, 0.2) is 6.29 Å². The fraction of sp³-hybridized carbons (Fsp3) is 0.474. The van der Waals surface area contributed by atoms with Gasteiger partial charge in [-0.3, -0.25) is 4.79 Å². The van der Waals surface area contributed by atoms with Gasteiger partial charge in [-0.05, 0) is 33.3 Å². The maximum atomic E-state index is 12.4. The number of benzene rings is 1. The van der Waals surface area contributed by atoms with Crippen LogP contribution in [0.1, 0.15) is 43.8 Å². The van der Waals surface area contributed by atoms with Crippen molar-refractivity contribution in [1.29, 1.82) is 0 Å². The van der Waals surface area contributed by atoms with Gasteiger partial charge in [-0.25, -0.2) is 4.68 Å². The molecular weight excluding hydrogens is 320 g/mol. The first-order valence-electron chi connectivity index (χ1n) is 8.40. The first kappa shape index (κ1) is 17.6. The topological polar surface area (TPSA) is 62.6 Å².